The van der Waals surface area contributed by atoms with E-state index in [9.17, 15) is 4.79 Å². The van der Waals surface area contributed by atoms with Crippen molar-refractivity contribution < 1.29 is 9.21 Å². The smallest absolute Gasteiger partial charge is 0.234 e. The Kier molecular flexibility index (Phi) is 4.39. The van der Waals surface area contributed by atoms with Gasteiger partial charge in [0, 0.05) is 35.8 Å². The van der Waals surface area contributed by atoms with Crippen molar-refractivity contribution in [3.8, 4) is 0 Å². The maximum Gasteiger partial charge on any atom is 0.234 e. The number of aromatic amines is 1. The fourth-order valence-corrected chi connectivity index (χ4v) is 3.29. The zero-order valence-electron chi connectivity index (χ0n) is 14.0. The molecule has 1 aliphatic rings. The molecule has 3 aromatic rings. The Balaban J connectivity index is 1.35. The number of H-pyrrole nitrogens is 1. The number of carbonyl (C=O) groups is 1. The Hall–Kier alpha value is -2.79. The van der Waals surface area contributed by atoms with E-state index in [1.165, 1.54) is 16.5 Å². The molecule has 25 heavy (non-hydrogen) atoms. The highest BCUT2D eigenvalue weighted by Gasteiger charge is 2.17. The lowest BCUT2D eigenvalue weighted by atomic mass is 9.99. The van der Waals surface area contributed by atoms with Crippen LogP contribution >= 0.6 is 0 Å². The Bertz CT molecular complexity index is 893. The zero-order valence-corrected chi connectivity index (χ0v) is 14.0. The Morgan fingerprint density at radius 3 is 2.96 bits per heavy atom. The molecule has 4 rings (SSSR count). The second-order valence-electron chi connectivity index (χ2n) is 6.32. The van der Waals surface area contributed by atoms with Crippen molar-refractivity contribution >= 4 is 22.4 Å². The average Bonchev–Trinajstić information content (AvgIpc) is 3.30. The summed E-state index contributed by atoms with van der Waals surface area (Å²) in [5.41, 5.74) is 3.79. The molecule has 3 heterocycles. The largest absolute Gasteiger partial charge is 0.467 e. The molecule has 2 N–H and O–H groups in total. The van der Waals surface area contributed by atoms with Gasteiger partial charge < -0.3 is 14.7 Å². The van der Waals surface area contributed by atoms with Gasteiger partial charge in [0.25, 0.3) is 0 Å². The molecular formula is C20H21N3O2. The van der Waals surface area contributed by atoms with Crippen molar-refractivity contribution in [2.45, 2.75) is 13.0 Å². The summed E-state index contributed by atoms with van der Waals surface area (Å²) in [4.78, 5) is 17.6. The van der Waals surface area contributed by atoms with E-state index in [-0.39, 0.29) is 5.91 Å². The van der Waals surface area contributed by atoms with Crippen LogP contribution in [0.5, 0.6) is 0 Å². The molecule has 0 bridgehead atoms. The topological polar surface area (TPSA) is 61.3 Å². The summed E-state index contributed by atoms with van der Waals surface area (Å²) in [5.74, 6) is 0.800. The number of furan rings is 1. The number of fused-ring (bicyclic) bond motifs is 1. The number of rotatable bonds is 5. The highest BCUT2D eigenvalue weighted by molar-refractivity contribution is 5.92. The van der Waals surface area contributed by atoms with Crippen LogP contribution in [0, 0.1) is 0 Å². The van der Waals surface area contributed by atoms with Crippen LogP contribution in [0.4, 0.5) is 0 Å². The minimum atomic E-state index is 0.0281. The highest BCUT2D eigenvalue weighted by Crippen LogP contribution is 2.28. The van der Waals surface area contributed by atoms with Gasteiger partial charge in [0.15, 0.2) is 0 Å². The summed E-state index contributed by atoms with van der Waals surface area (Å²) in [6, 6.07) is 12.0. The molecule has 0 spiro atoms. The molecule has 0 aliphatic carbocycles. The number of benzene rings is 1. The van der Waals surface area contributed by atoms with Gasteiger partial charge in [-0.3, -0.25) is 9.69 Å². The summed E-state index contributed by atoms with van der Waals surface area (Å²) in [7, 11) is 0. The molecule has 2 aromatic heterocycles. The van der Waals surface area contributed by atoms with E-state index in [0.717, 1.165) is 30.8 Å². The van der Waals surface area contributed by atoms with Crippen LogP contribution in [0.15, 0.2) is 59.4 Å². The van der Waals surface area contributed by atoms with Crippen LogP contribution in [0.2, 0.25) is 0 Å². The lowest BCUT2D eigenvalue weighted by Gasteiger charge is -2.25. The fourth-order valence-electron chi connectivity index (χ4n) is 3.29. The molecule has 0 atom stereocenters. The van der Waals surface area contributed by atoms with Crippen molar-refractivity contribution in [1.29, 1.82) is 0 Å². The predicted octanol–water partition coefficient (Wildman–Crippen LogP) is 3.17. The first-order valence-corrected chi connectivity index (χ1v) is 8.56. The third-order valence-corrected chi connectivity index (χ3v) is 4.64. The van der Waals surface area contributed by atoms with Gasteiger partial charge in [-0.1, -0.05) is 24.3 Å². The van der Waals surface area contributed by atoms with Gasteiger partial charge >= 0.3 is 0 Å². The van der Waals surface area contributed by atoms with E-state index in [4.69, 9.17) is 4.42 Å². The van der Waals surface area contributed by atoms with Crippen LogP contribution in [0.3, 0.4) is 0 Å². The molecule has 0 radical (unpaired) electrons. The number of para-hydroxylation sites is 1. The number of hydrogen-bond donors (Lipinski definition) is 2. The molecule has 0 fully saturated rings. The van der Waals surface area contributed by atoms with Gasteiger partial charge in [0.1, 0.15) is 5.76 Å². The first kappa shape index (κ1) is 15.7. The van der Waals surface area contributed by atoms with Gasteiger partial charge in [-0.2, -0.15) is 0 Å². The maximum absolute atomic E-state index is 12.1. The first-order valence-electron chi connectivity index (χ1n) is 8.56. The molecule has 1 amide bonds. The summed E-state index contributed by atoms with van der Waals surface area (Å²) >= 11 is 0. The van der Waals surface area contributed by atoms with Gasteiger partial charge in [0.05, 0.1) is 19.4 Å². The van der Waals surface area contributed by atoms with Crippen LogP contribution in [-0.4, -0.2) is 35.4 Å². The number of amides is 1. The normalized spacial score (nSPS) is 15.3. The molecule has 0 saturated heterocycles. The van der Waals surface area contributed by atoms with Crippen LogP contribution in [0.25, 0.3) is 16.5 Å². The molecule has 0 unspecified atom stereocenters. The van der Waals surface area contributed by atoms with Crippen LogP contribution in [-0.2, 0) is 11.3 Å². The predicted molar refractivity (Wildman–Crippen MR) is 97.9 cm³/mol. The van der Waals surface area contributed by atoms with E-state index >= 15 is 0 Å². The first-order chi connectivity index (χ1) is 12.3. The second kappa shape index (κ2) is 6.99. The fraction of sp³-hybridized carbons (Fsp3) is 0.250. The lowest BCUT2D eigenvalue weighted by Crippen LogP contribution is -2.38. The molecule has 5 nitrogen and oxygen atoms in total. The van der Waals surface area contributed by atoms with Crippen LogP contribution < -0.4 is 5.32 Å². The monoisotopic (exact) mass is 335 g/mol. The summed E-state index contributed by atoms with van der Waals surface area (Å²) < 4.78 is 5.22. The van der Waals surface area contributed by atoms with Crippen molar-refractivity contribution in [2.24, 2.45) is 0 Å². The number of nitrogens with zero attached hydrogens (tertiary/aromatic N) is 1. The molecule has 5 heteroatoms. The Morgan fingerprint density at radius 1 is 1.24 bits per heavy atom. The van der Waals surface area contributed by atoms with E-state index < -0.39 is 0 Å². The zero-order chi connectivity index (χ0) is 17.1. The SMILES string of the molecule is O=C(CN1CC=C(c2c[nH]c3ccccc23)CC1)NCc1ccco1. The molecule has 0 saturated carbocycles. The average molecular weight is 335 g/mol. The van der Waals surface area contributed by atoms with Crippen LogP contribution in [0.1, 0.15) is 17.7 Å². The molecule has 128 valence electrons. The van der Waals surface area contributed by atoms with Gasteiger partial charge in [-0.15, -0.1) is 0 Å². The van der Waals surface area contributed by atoms with Gasteiger partial charge in [-0.25, -0.2) is 0 Å². The van der Waals surface area contributed by atoms with E-state index in [0.29, 0.717) is 13.1 Å². The maximum atomic E-state index is 12.1. The van der Waals surface area contributed by atoms with E-state index in [1.807, 2.05) is 18.2 Å². The summed E-state index contributed by atoms with van der Waals surface area (Å²) in [5, 5.41) is 4.16. The summed E-state index contributed by atoms with van der Waals surface area (Å²) in [6.45, 7) is 2.54. The third-order valence-electron chi connectivity index (χ3n) is 4.64. The third kappa shape index (κ3) is 3.51. The minimum absolute atomic E-state index is 0.0281. The second-order valence-corrected chi connectivity index (χ2v) is 6.32. The number of hydrogen-bond acceptors (Lipinski definition) is 3. The molecular weight excluding hydrogens is 314 g/mol. The number of aromatic nitrogens is 1. The quantitative estimate of drug-likeness (QED) is 0.753. The van der Waals surface area contributed by atoms with Crippen molar-refractivity contribution in [3.05, 3.63) is 66.3 Å². The number of carbonyl (C=O) groups excluding carboxylic acids is 1. The summed E-state index contributed by atoms with van der Waals surface area (Å²) in [6.07, 6.45) is 6.89. The molecule has 1 aromatic carbocycles. The lowest BCUT2D eigenvalue weighted by molar-refractivity contribution is -0.122. The highest BCUT2D eigenvalue weighted by atomic mass is 16.3. The minimum Gasteiger partial charge on any atom is -0.467 e. The van der Waals surface area contributed by atoms with E-state index in [2.05, 4.69) is 45.7 Å². The Labute approximate surface area is 146 Å². The standard InChI is InChI=1S/C20H21N3O2/c24-20(22-12-16-4-3-11-25-16)14-23-9-7-15(8-10-23)18-13-21-19-6-2-1-5-17(18)19/h1-7,11,13,21H,8-10,12,14H2,(H,22,24). The van der Waals surface area contributed by atoms with Crippen molar-refractivity contribution in [1.82, 2.24) is 15.2 Å². The van der Waals surface area contributed by atoms with Crippen molar-refractivity contribution in [3.63, 3.8) is 0 Å². The van der Waals surface area contributed by atoms with Gasteiger partial charge in [-0.05, 0) is 30.2 Å². The number of nitrogens with one attached hydrogen (secondary N) is 2. The Morgan fingerprint density at radius 2 is 2.16 bits per heavy atom. The van der Waals surface area contributed by atoms with Gasteiger partial charge in [0.2, 0.25) is 5.91 Å². The van der Waals surface area contributed by atoms with Crippen molar-refractivity contribution in [2.75, 3.05) is 19.6 Å². The molecule has 1 aliphatic heterocycles. The van der Waals surface area contributed by atoms with E-state index in [1.54, 1.807) is 6.26 Å².